The number of ether oxygens (including phenoxy) is 2. The third kappa shape index (κ3) is 4.43. The van der Waals surface area contributed by atoms with Gasteiger partial charge in [0, 0.05) is 24.7 Å². The van der Waals surface area contributed by atoms with Gasteiger partial charge in [0.2, 0.25) is 0 Å². The van der Waals surface area contributed by atoms with Crippen molar-refractivity contribution >= 4 is 27.5 Å². The summed E-state index contributed by atoms with van der Waals surface area (Å²) in [5, 5.41) is 4.08. The first-order valence-corrected chi connectivity index (χ1v) is 7.29. The summed E-state index contributed by atoms with van der Waals surface area (Å²) in [6, 6.07) is 5.53. The van der Waals surface area contributed by atoms with Gasteiger partial charge >= 0.3 is 0 Å². The number of hydrogen-bond donors (Lipinski definition) is 1. The van der Waals surface area contributed by atoms with E-state index in [2.05, 4.69) is 21.2 Å². The van der Waals surface area contributed by atoms with E-state index in [0.717, 1.165) is 42.9 Å². The van der Waals surface area contributed by atoms with Crippen molar-refractivity contribution in [2.75, 3.05) is 32.9 Å². The summed E-state index contributed by atoms with van der Waals surface area (Å²) in [4.78, 5) is 0. The molecular formula is C13H17BrClNO2. The van der Waals surface area contributed by atoms with Gasteiger partial charge in [-0.15, -0.1) is 0 Å². The summed E-state index contributed by atoms with van der Waals surface area (Å²) in [7, 11) is 0. The number of halogens is 2. The molecule has 2 rings (SSSR count). The Morgan fingerprint density at radius 3 is 3.11 bits per heavy atom. The molecule has 18 heavy (non-hydrogen) atoms. The van der Waals surface area contributed by atoms with E-state index in [1.165, 1.54) is 0 Å². The minimum Gasteiger partial charge on any atom is -0.491 e. The maximum atomic E-state index is 5.86. The van der Waals surface area contributed by atoms with E-state index in [1.54, 1.807) is 0 Å². The Balaban J connectivity index is 1.62. The van der Waals surface area contributed by atoms with Gasteiger partial charge in [0.15, 0.2) is 0 Å². The van der Waals surface area contributed by atoms with Gasteiger partial charge < -0.3 is 14.8 Å². The third-order valence-corrected chi connectivity index (χ3v) is 3.74. The number of hydrogen-bond acceptors (Lipinski definition) is 3. The molecule has 0 bridgehead atoms. The van der Waals surface area contributed by atoms with E-state index in [1.807, 2.05) is 18.2 Å². The molecule has 0 amide bonds. The van der Waals surface area contributed by atoms with E-state index in [4.69, 9.17) is 21.1 Å². The smallest absolute Gasteiger partial charge is 0.133 e. The highest BCUT2D eigenvalue weighted by molar-refractivity contribution is 9.10. The lowest BCUT2D eigenvalue weighted by atomic mass is 10.1. The third-order valence-electron chi connectivity index (χ3n) is 2.89. The molecule has 1 unspecified atom stereocenters. The second kappa shape index (κ2) is 7.34. The Bertz CT molecular complexity index is 383. The average Bonchev–Trinajstić information content (AvgIpc) is 2.84. The van der Waals surface area contributed by atoms with Crippen LogP contribution in [0.2, 0.25) is 5.02 Å². The van der Waals surface area contributed by atoms with Gasteiger partial charge in [-0.1, -0.05) is 11.6 Å². The Labute approximate surface area is 121 Å². The fraction of sp³-hybridized carbons (Fsp3) is 0.538. The molecule has 1 heterocycles. The van der Waals surface area contributed by atoms with Crippen molar-refractivity contribution in [2.45, 2.75) is 6.42 Å². The zero-order chi connectivity index (χ0) is 12.8. The lowest BCUT2D eigenvalue weighted by molar-refractivity contribution is 0.185. The van der Waals surface area contributed by atoms with Gasteiger partial charge in [-0.3, -0.25) is 0 Å². The largest absolute Gasteiger partial charge is 0.491 e. The van der Waals surface area contributed by atoms with Gasteiger partial charge in [0.25, 0.3) is 0 Å². The van der Waals surface area contributed by atoms with E-state index in [0.29, 0.717) is 17.5 Å². The highest BCUT2D eigenvalue weighted by atomic mass is 79.9. The van der Waals surface area contributed by atoms with Gasteiger partial charge in [-0.25, -0.2) is 0 Å². The van der Waals surface area contributed by atoms with E-state index in [9.17, 15) is 0 Å². The van der Waals surface area contributed by atoms with Gasteiger partial charge in [-0.05, 0) is 46.5 Å². The van der Waals surface area contributed by atoms with Crippen molar-refractivity contribution in [1.82, 2.24) is 5.32 Å². The molecule has 1 aromatic carbocycles. The van der Waals surface area contributed by atoms with Crippen molar-refractivity contribution in [3.8, 4) is 5.75 Å². The molecule has 1 aromatic rings. The van der Waals surface area contributed by atoms with Crippen molar-refractivity contribution in [1.29, 1.82) is 0 Å². The van der Waals surface area contributed by atoms with Gasteiger partial charge in [-0.2, -0.15) is 0 Å². The summed E-state index contributed by atoms with van der Waals surface area (Å²) in [6.45, 7) is 4.28. The quantitative estimate of drug-likeness (QED) is 0.811. The molecule has 3 nitrogen and oxygen atoms in total. The standard InChI is InChI=1S/C13H17BrClNO2/c14-12-7-11(15)1-2-13(12)18-6-4-16-8-10-3-5-17-9-10/h1-2,7,10,16H,3-6,8-9H2. The highest BCUT2D eigenvalue weighted by Gasteiger charge is 2.14. The summed E-state index contributed by atoms with van der Waals surface area (Å²) >= 11 is 9.29. The molecule has 1 saturated heterocycles. The van der Waals surface area contributed by atoms with Crippen LogP contribution in [0.15, 0.2) is 22.7 Å². The van der Waals surface area contributed by atoms with Crippen LogP contribution in [0.5, 0.6) is 5.75 Å². The van der Waals surface area contributed by atoms with Crippen LogP contribution in [-0.4, -0.2) is 32.9 Å². The second-order valence-corrected chi connectivity index (χ2v) is 5.65. The van der Waals surface area contributed by atoms with Crippen LogP contribution in [0, 0.1) is 5.92 Å². The second-order valence-electron chi connectivity index (χ2n) is 4.36. The van der Waals surface area contributed by atoms with Crippen LogP contribution >= 0.6 is 27.5 Å². The SMILES string of the molecule is Clc1ccc(OCCNCC2CCOC2)c(Br)c1. The van der Waals surface area contributed by atoms with E-state index >= 15 is 0 Å². The van der Waals surface area contributed by atoms with E-state index in [-0.39, 0.29) is 0 Å². The first kappa shape index (κ1) is 14.1. The number of rotatable bonds is 6. The fourth-order valence-electron chi connectivity index (χ4n) is 1.88. The number of benzene rings is 1. The van der Waals surface area contributed by atoms with Crippen molar-refractivity contribution < 1.29 is 9.47 Å². The maximum Gasteiger partial charge on any atom is 0.133 e. The Morgan fingerprint density at radius 2 is 2.39 bits per heavy atom. The molecule has 0 spiro atoms. The fourth-order valence-corrected chi connectivity index (χ4v) is 2.67. The monoisotopic (exact) mass is 333 g/mol. The Morgan fingerprint density at radius 1 is 1.50 bits per heavy atom. The predicted octanol–water partition coefficient (Wildman–Crippen LogP) is 3.11. The van der Waals surface area contributed by atoms with Crippen LogP contribution in [0.25, 0.3) is 0 Å². The lowest BCUT2D eigenvalue weighted by Gasteiger charge is -2.11. The van der Waals surface area contributed by atoms with E-state index < -0.39 is 0 Å². The molecule has 1 aliphatic heterocycles. The summed E-state index contributed by atoms with van der Waals surface area (Å²) in [5.41, 5.74) is 0. The molecule has 0 saturated carbocycles. The highest BCUT2D eigenvalue weighted by Crippen LogP contribution is 2.27. The molecule has 5 heteroatoms. The molecular weight excluding hydrogens is 318 g/mol. The Kier molecular flexibility index (Phi) is 5.76. The summed E-state index contributed by atoms with van der Waals surface area (Å²) < 4.78 is 11.9. The van der Waals surface area contributed by atoms with Crippen molar-refractivity contribution in [3.63, 3.8) is 0 Å². The lowest BCUT2D eigenvalue weighted by Crippen LogP contribution is -2.27. The zero-order valence-corrected chi connectivity index (χ0v) is 12.5. The Hall–Kier alpha value is -0.290. The molecule has 0 aromatic heterocycles. The van der Waals surface area contributed by atoms with Crippen LogP contribution in [0.1, 0.15) is 6.42 Å². The zero-order valence-electron chi connectivity index (χ0n) is 10.1. The molecule has 100 valence electrons. The van der Waals surface area contributed by atoms with Crippen LogP contribution in [0.4, 0.5) is 0 Å². The molecule has 1 atom stereocenters. The predicted molar refractivity (Wildman–Crippen MR) is 76.4 cm³/mol. The summed E-state index contributed by atoms with van der Waals surface area (Å²) in [5.74, 6) is 1.48. The van der Waals surface area contributed by atoms with Crippen LogP contribution < -0.4 is 10.1 Å². The minimum atomic E-state index is 0.647. The molecule has 0 aliphatic carbocycles. The molecule has 1 fully saturated rings. The van der Waals surface area contributed by atoms with Crippen LogP contribution in [0.3, 0.4) is 0 Å². The molecule has 0 radical (unpaired) electrons. The van der Waals surface area contributed by atoms with Crippen molar-refractivity contribution in [3.05, 3.63) is 27.7 Å². The topological polar surface area (TPSA) is 30.5 Å². The minimum absolute atomic E-state index is 0.647. The van der Waals surface area contributed by atoms with Gasteiger partial charge in [0.05, 0.1) is 11.1 Å². The normalized spacial score (nSPS) is 19.1. The first-order chi connectivity index (χ1) is 8.75. The number of nitrogens with one attached hydrogen (secondary N) is 1. The molecule has 1 N–H and O–H groups in total. The average molecular weight is 335 g/mol. The molecule has 1 aliphatic rings. The maximum absolute atomic E-state index is 5.86. The summed E-state index contributed by atoms with van der Waals surface area (Å²) in [6.07, 6.45) is 1.16. The van der Waals surface area contributed by atoms with Crippen molar-refractivity contribution in [2.24, 2.45) is 5.92 Å². The van der Waals surface area contributed by atoms with Crippen LogP contribution in [-0.2, 0) is 4.74 Å². The van der Waals surface area contributed by atoms with Gasteiger partial charge in [0.1, 0.15) is 12.4 Å². The first-order valence-electron chi connectivity index (χ1n) is 6.12.